The summed E-state index contributed by atoms with van der Waals surface area (Å²) >= 11 is 0. The molecule has 0 saturated carbocycles. The van der Waals surface area contributed by atoms with Crippen LogP contribution < -0.4 is 15.0 Å². The van der Waals surface area contributed by atoms with Crippen molar-refractivity contribution in [3.05, 3.63) is 23.8 Å². The SMILES string of the molecule is CCN1CC(C(C)C)Oc2ccc(CC3CCCCN3)cc21. The second kappa shape index (κ2) is 6.91. The van der Waals surface area contributed by atoms with Gasteiger partial charge in [0.2, 0.25) is 0 Å². The van der Waals surface area contributed by atoms with E-state index in [1.165, 1.54) is 37.1 Å². The van der Waals surface area contributed by atoms with Crippen LogP contribution in [0, 0.1) is 5.92 Å². The standard InChI is InChI=1S/C19H30N2O/c1-4-21-13-19(14(2)3)22-18-9-8-15(12-17(18)21)11-16-7-5-6-10-20-16/h8-9,12,14,16,19-20H,4-7,10-11,13H2,1-3H3. The van der Waals surface area contributed by atoms with Crippen LogP contribution in [-0.4, -0.2) is 31.8 Å². The summed E-state index contributed by atoms with van der Waals surface area (Å²) in [4.78, 5) is 2.47. The zero-order chi connectivity index (χ0) is 15.5. The monoisotopic (exact) mass is 302 g/mol. The summed E-state index contributed by atoms with van der Waals surface area (Å²) in [5.74, 6) is 1.61. The van der Waals surface area contributed by atoms with Crippen LogP contribution in [0.5, 0.6) is 5.75 Å². The van der Waals surface area contributed by atoms with E-state index >= 15 is 0 Å². The minimum absolute atomic E-state index is 0.304. The Morgan fingerprint density at radius 3 is 2.86 bits per heavy atom. The van der Waals surface area contributed by atoms with E-state index in [1.54, 1.807) is 0 Å². The van der Waals surface area contributed by atoms with Crippen LogP contribution in [-0.2, 0) is 6.42 Å². The highest BCUT2D eigenvalue weighted by Gasteiger charge is 2.27. The molecule has 0 aromatic heterocycles. The molecule has 1 aromatic carbocycles. The molecule has 0 bridgehead atoms. The molecule has 1 aromatic rings. The lowest BCUT2D eigenvalue weighted by Gasteiger charge is -2.38. The molecule has 2 atom stereocenters. The van der Waals surface area contributed by atoms with Gasteiger partial charge in [0, 0.05) is 12.6 Å². The Labute approximate surface area is 135 Å². The van der Waals surface area contributed by atoms with E-state index < -0.39 is 0 Å². The highest BCUT2D eigenvalue weighted by Crippen LogP contribution is 2.36. The second-order valence-electron chi connectivity index (χ2n) is 7.09. The van der Waals surface area contributed by atoms with Crippen molar-refractivity contribution in [2.75, 3.05) is 24.5 Å². The lowest BCUT2D eigenvalue weighted by molar-refractivity contribution is 0.146. The molecule has 2 unspecified atom stereocenters. The smallest absolute Gasteiger partial charge is 0.143 e. The summed E-state index contributed by atoms with van der Waals surface area (Å²) in [6, 6.07) is 7.44. The van der Waals surface area contributed by atoms with E-state index in [-0.39, 0.29) is 0 Å². The first-order chi connectivity index (χ1) is 10.7. The highest BCUT2D eigenvalue weighted by molar-refractivity contribution is 5.61. The number of piperidine rings is 1. The number of hydrogen-bond acceptors (Lipinski definition) is 3. The molecule has 3 heteroatoms. The number of ether oxygens (including phenoxy) is 1. The van der Waals surface area contributed by atoms with Gasteiger partial charge in [-0.1, -0.05) is 26.3 Å². The van der Waals surface area contributed by atoms with Gasteiger partial charge in [0.25, 0.3) is 0 Å². The van der Waals surface area contributed by atoms with Crippen LogP contribution in [0.25, 0.3) is 0 Å². The first-order valence-electron chi connectivity index (χ1n) is 8.95. The Morgan fingerprint density at radius 1 is 1.32 bits per heavy atom. The molecule has 1 fully saturated rings. The second-order valence-corrected chi connectivity index (χ2v) is 7.09. The van der Waals surface area contributed by atoms with Crippen LogP contribution in [0.3, 0.4) is 0 Å². The lowest BCUT2D eigenvalue weighted by atomic mass is 9.96. The molecular weight excluding hydrogens is 272 g/mol. The summed E-state index contributed by atoms with van der Waals surface area (Å²) < 4.78 is 6.21. The third-order valence-corrected chi connectivity index (χ3v) is 5.06. The van der Waals surface area contributed by atoms with Crippen LogP contribution in [0.1, 0.15) is 45.6 Å². The number of nitrogens with one attached hydrogen (secondary N) is 1. The quantitative estimate of drug-likeness (QED) is 0.919. The molecule has 2 heterocycles. The van der Waals surface area contributed by atoms with Crippen molar-refractivity contribution in [2.45, 2.75) is 58.6 Å². The van der Waals surface area contributed by atoms with Gasteiger partial charge in [0.1, 0.15) is 11.9 Å². The van der Waals surface area contributed by atoms with Crippen LogP contribution >= 0.6 is 0 Å². The molecule has 1 saturated heterocycles. The van der Waals surface area contributed by atoms with Gasteiger partial charge in [0.15, 0.2) is 0 Å². The van der Waals surface area contributed by atoms with Gasteiger partial charge in [-0.3, -0.25) is 0 Å². The van der Waals surface area contributed by atoms with E-state index in [4.69, 9.17) is 4.74 Å². The van der Waals surface area contributed by atoms with Gasteiger partial charge < -0.3 is 15.0 Å². The predicted octanol–water partition coefficient (Wildman–Crippen LogP) is 3.61. The summed E-state index contributed by atoms with van der Waals surface area (Å²) in [7, 11) is 0. The van der Waals surface area contributed by atoms with Crippen molar-refractivity contribution >= 4 is 5.69 Å². The minimum Gasteiger partial charge on any atom is -0.486 e. The van der Waals surface area contributed by atoms with Crippen molar-refractivity contribution in [2.24, 2.45) is 5.92 Å². The molecule has 3 rings (SSSR count). The molecule has 1 N–H and O–H groups in total. The average molecular weight is 302 g/mol. The largest absolute Gasteiger partial charge is 0.486 e. The number of hydrogen-bond donors (Lipinski definition) is 1. The molecule has 0 amide bonds. The van der Waals surface area contributed by atoms with Gasteiger partial charge in [0.05, 0.1) is 12.2 Å². The summed E-state index contributed by atoms with van der Waals surface area (Å²) in [5, 5.41) is 3.65. The molecular formula is C19H30N2O. The predicted molar refractivity (Wildman–Crippen MR) is 92.9 cm³/mol. The first kappa shape index (κ1) is 15.7. The fourth-order valence-electron chi connectivity index (χ4n) is 3.58. The molecule has 122 valence electrons. The van der Waals surface area contributed by atoms with Crippen molar-refractivity contribution < 1.29 is 4.74 Å². The van der Waals surface area contributed by atoms with E-state index in [9.17, 15) is 0 Å². The number of nitrogens with zero attached hydrogens (tertiary/aromatic N) is 1. The molecule has 0 aliphatic carbocycles. The normalized spacial score (nSPS) is 25.0. The van der Waals surface area contributed by atoms with Crippen LogP contribution in [0.2, 0.25) is 0 Å². The van der Waals surface area contributed by atoms with E-state index in [0.717, 1.165) is 25.3 Å². The topological polar surface area (TPSA) is 24.5 Å². The fraction of sp³-hybridized carbons (Fsp3) is 0.684. The third kappa shape index (κ3) is 3.40. The minimum atomic E-state index is 0.304. The Bertz CT molecular complexity index is 494. The maximum absolute atomic E-state index is 6.21. The zero-order valence-electron chi connectivity index (χ0n) is 14.3. The van der Waals surface area contributed by atoms with Crippen molar-refractivity contribution in [3.8, 4) is 5.75 Å². The number of likely N-dealkylation sites (N-methyl/N-ethyl adjacent to an activating group) is 1. The van der Waals surface area contributed by atoms with E-state index in [2.05, 4.69) is 49.2 Å². The average Bonchev–Trinajstić information content (AvgIpc) is 2.54. The first-order valence-corrected chi connectivity index (χ1v) is 8.95. The number of anilines is 1. The van der Waals surface area contributed by atoms with E-state index in [0.29, 0.717) is 18.1 Å². The van der Waals surface area contributed by atoms with Gasteiger partial charge in [-0.05, 0) is 56.3 Å². The molecule has 0 spiro atoms. The Hall–Kier alpha value is -1.22. The van der Waals surface area contributed by atoms with Gasteiger partial charge in [-0.25, -0.2) is 0 Å². The lowest BCUT2D eigenvalue weighted by Crippen LogP contribution is -2.42. The zero-order valence-corrected chi connectivity index (χ0v) is 14.3. The molecule has 0 radical (unpaired) electrons. The molecule has 2 aliphatic rings. The van der Waals surface area contributed by atoms with Crippen LogP contribution in [0.15, 0.2) is 18.2 Å². The van der Waals surface area contributed by atoms with Gasteiger partial charge in [-0.2, -0.15) is 0 Å². The Morgan fingerprint density at radius 2 is 2.18 bits per heavy atom. The number of rotatable bonds is 4. The Balaban J connectivity index is 1.77. The summed E-state index contributed by atoms with van der Waals surface area (Å²) in [5.41, 5.74) is 2.72. The maximum Gasteiger partial charge on any atom is 0.143 e. The van der Waals surface area contributed by atoms with Crippen molar-refractivity contribution in [1.82, 2.24) is 5.32 Å². The fourth-order valence-corrected chi connectivity index (χ4v) is 3.58. The third-order valence-electron chi connectivity index (χ3n) is 5.06. The van der Waals surface area contributed by atoms with Crippen molar-refractivity contribution in [3.63, 3.8) is 0 Å². The van der Waals surface area contributed by atoms with Crippen molar-refractivity contribution in [1.29, 1.82) is 0 Å². The van der Waals surface area contributed by atoms with E-state index in [1.807, 2.05) is 0 Å². The number of benzene rings is 1. The Kier molecular flexibility index (Phi) is 4.92. The van der Waals surface area contributed by atoms with Gasteiger partial charge in [-0.15, -0.1) is 0 Å². The maximum atomic E-state index is 6.21. The molecule has 2 aliphatic heterocycles. The highest BCUT2D eigenvalue weighted by atomic mass is 16.5. The summed E-state index contributed by atoms with van der Waals surface area (Å²) in [6.45, 7) is 9.95. The summed E-state index contributed by atoms with van der Waals surface area (Å²) in [6.07, 6.45) is 5.44. The molecule has 3 nitrogen and oxygen atoms in total. The van der Waals surface area contributed by atoms with Gasteiger partial charge >= 0.3 is 0 Å². The van der Waals surface area contributed by atoms with Crippen LogP contribution in [0.4, 0.5) is 5.69 Å². The number of fused-ring (bicyclic) bond motifs is 1. The molecule has 22 heavy (non-hydrogen) atoms.